The molecule has 1 aromatic heterocycles. The van der Waals surface area contributed by atoms with Gasteiger partial charge in [0.15, 0.2) is 0 Å². The van der Waals surface area contributed by atoms with Crippen LogP contribution >= 0.6 is 11.3 Å². The number of aliphatic hydroxyl groups is 1. The van der Waals surface area contributed by atoms with Crippen molar-refractivity contribution < 1.29 is 5.11 Å². The van der Waals surface area contributed by atoms with Crippen LogP contribution in [0.15, 0.2) is 29.8 Å². The molecule has 1 aromatic carbocycles. The Morgan fingerprint density at radius 1 is 1.35 bits per heavy atom. The van der Waals surface area contributed by atoms with Crippen molar-refractivity contribution in [2.24, 2.45) is 0 Å². The molecule has 1 N–H and O–H groups in total. The summed E-state index contributed by atoms with van der Waals surface area (Å²) in [4.78, 5) is 7.90. The number of thiazole rings is 1. The predicted octanol–water partition coefficient (Wildman–Crippen LogP) is 3.25. The third kappa shape index (κ3) is 2.64. The van der Waals surface area contributed by atoms with Crippen molar-refractivity contribution in [2.75, 3.05) is 13.1 Å². The van der Waals surface area contributed by atoms with E-state index in [0.717, 1.165) is 25.2 Å². The van der Waals surface area contributed by atoms with Crippen LogP contribution in [0.1, 0.15) is 30.6 Å². The summed E-state index contributed by atoms with van der Waals surface area (Å²) in [6.07, 6.45) is 0.735. The number of benzene rings is 1. The van der Waals surface area contributed by atoms with Gasteiger partial charge in [-0.2, -0.15) is 0 Å². The van der Waals surface area contributed by atoms with E-state index in [4.69, 9.17) is 0 Å². The molecule has 4 heteroatoms. The van der Waals surface area contributed by atoms with Gasteiger partial charge in [-0.15, -0.1) is 11.3 Å². The SMILES string of the molecule is Cc1ncsc1-c1ccc([C@H](C)N2CC[C@@H](O)C2)cc1. The average molecular weight is 288 g/mol. The van der Waals surface area contributed by atoms with E-state index in [1.807, 2.05) is 12.4 Å². The lowest BCUT2D eigenvalue weighted by Gasteiger charge is -2.24. The normalized spacial score (nSPS) is 21.2. The second kappa shape index (κ2) is 5.64. The highest BCUT2D eigenvalue weighted by Crippen LogP contribution is 2.30. The summed E-state index contributed by atoms with van der Waals surface area (Å²) in [7, 11) is 0. The second-order valence-electron chi connectivity index (χ2n) is 5.50. The lowest BCUT2D eigenvalue weighted by molar-refractivity contribution is 0.163. The number of hydrogen-bond donors (Lipinski definition) is 1. The lowest BCUT2D eigenvalue weighted by atomic mass is 10.0. The quantitative estimate of drug-likeness (QED) is 0.942. The zero-order valence-corrected chi connectivity index (χ0v) is 12.7. The molecule has 2 heterocycles. The van der Waals surface area contributed by atoms with Gasteiger partial charge < -0.3 is 5.11 Å². The molecular formula is C16H20N2OS. The minimum absolute atomic E-state index is 0.156. The molecule has 0 bridgehead atoms. The molecule has 0 spiro atoms. The van der Waals surface area contributed by atoms with E-state index in [-0.39, 0.29) is 6.10 Å². The van der Waals surface area contributed by atoms with Crippen LogP contribution < -0.4 is 0 Å². The molecule has 0 aliphatic carbocycles. The van der Waals surface area contributed by atoms with Crippen molar-refractivity contribution >= 4 is 11.3 Å². The summed E-state index contributed by atoms with van der Waals surface area (Å²) in [5.74, 6) is 0. The van der Waals surface area contributed by atoms with Gasteiger partial charge in [-0.3, -0.25) is 4.90 Å². The monoisotopic (exact) mass is 288 g/mol. The van der Waals surface area contributed by atoms with Crippen LogP contribution in [0.2, 0.25) is 0 Å². The molecule has 106 valence electrons. The number of aryl methyl sites for hydroxylation is 1. The minimum atomic E-state index is -0.156. The molecule has 0 amide bonds. The topological polar surface area (TPSA) is 36.4 Å². The van der Waals surface area contributed by atoms with Gasteiger partial charge in [0.1, 0.15) is 0 Å². The van der Waals surface area contributed by atoms with Crippen LogP contribution in [-0.4, -0.2) is 34.2 Å². The van der Waals surface area contributed by atoms with E-state index < -0.39 is 0 Å². The Bertz CT molecular complexity index is 578. The van der Waals surface area contributed by atoms with E-state index in [9.17, 15) is 5.11 Å². The van der Waals surface area contributed by atoms with Crippen LogP contribution in [0, 0.1) is 6.92 Å². The smallest absolute Gasteiger partial charge is 0.0801 e. The number of aliphatic hydroxyl groups excluding tert-OH is 1. The maximum atomic E-state index is 9.65. The van der Waals surface area contributed by atoms with Crippen molar-refractivity contribution in [1.82, 2.24) is 9.88 Å². The van der Waals surface area contributed by atoms with Gasteiger partial charge in [0.25, 0.3) is 0 Å². The fourth-order valence-electron chi connectivity index (χ4n) is 2.82. The Balaban J connectivity index is 1.78. The highest BCUT2D eigenvalue weighted by molar-refractivity contribution is 7.13. The second-order valence-corrected chi connectivity index (χ2v) is 6.36. The highest BCUT2D eigenvalue weighted by Gasteiger charge is 2.25. The Morgan fingerprint density at radius 3 is 2.65 bits per heavy atom. The van der Waals surface area contributed by atoms with Gasteiger partial charge in [-0.1, -0.05) is 24.3 Å². The Morgan fingerprint density at radius 2 is 2.10 bits per heavy atom. The Kier molecular flexibility index (Phi) is 3.87. The molecule has 2 aromatic rings. The molecular weight excluding hydrogens is 268 g/mol. The summed E-state index contributed by atoms with van der Waals surface area (Å²) in [6.45, 7) is 6.04. The number of β-amino-alcohol motifs (C(OH)–C–C–N with tert-alkyl or cyclic N) is 1. The fourth-order valence-corrected chi connectivity index (χ4v) is 3.63. The number of rotatable bonds is 3. The third-order valence-corrected chi connectivity index (χ3v) is 5.12. The zero-order valence-electron chi connectivity index (χ0n) is 11.9. The van der Waals surface area contributed by atoms with Gasteiger partial charge in [0.05, 0.1) is 22.2 Å². The van der Waals surface area contributed by atoms with Gasteiger partial charge in [-0.25, -0.2) is 4.98 Å². The first kappa shape index (κ1) is 13.7. The first-order valence-electron chi connectivity index (χ1n) is 7.07. The summed E-state index contributed by atoms with van der Waals surface area (Å²) < 4.78 is 0. The molecule has 1 aliphatic rings. The van der Waals surface area contributed by atoms with E-state index in [2.05, 4.69) is 41.1 Å². The van der Waals surface area contributed by atoms with Crippen molar-refractivity contribution in [3.63, 3.8) is 0 Å². The summed E-state index contributed by atoms with van der Waals surface area (Å²) >= 11 is 1.69. The first-order valence-corrected chi connectivity index (χ1v) is 7.95. The van der Waals surface area contributed by atoms with E-state index in [0.29, 0.717) is 6.04 Å². The highest BCUT2D eigenvalue weighted by atomic mass is 32.1. The van der Waals surface area contributed by atoms with Crippen LogP contribution in [0.4, 0.5) is 0 Å². The van der Waals surface area contributed by atoms with Crippen molar-refractivity contribution in [2.45, 2.75) is 32.4 Å². The van der Waals surface area contributed by atoms with Gasteiger partial charge in [0.2, 0.25) is 0 Å². The van der Waals surface area contributed by atoms with Gasteiger partial charge >= 0.3 is 0 Å². The van der Waals surface area contributed by atoms with Crippen molar-refractivity contribution in [3.05, 3.63) is 41.0 Å². The van der Waals surface area contributed by atoms with E-state index >= 15 is 0 Å². The van der Waals surface area contributed by atoms with Crippen molar-refractivity contribution in [3.8, 4) is 10.4 Å². The summed E-state index contributed by atoms with van der Waals surface area (Å²) in [5.41, 5.74) is 5.54. The number of likely N-dealkylation sites (tertiary alicyclic amines) is 1. The van der Waals surface area contributed by atoms with Crippen LogP contribution in [0.25, 0.3) is 10.4 Å². The molecule has 3 nitrogen and oxygen atoms in total. The molecule has 0 radical (unpaired) electrons. The maximum Gasteiger partial charge on any atom is 0.0801 e. The Hall–Kier alpha value is -1.23. The van der Waals surface area contributed by atoms with E-state index in [1.165, 1.54) is 16.0 Å². The number of hydrogen-bond acceptors (Lipinski definition) is 4. The Labute approximate surface area is 123 Å². The van der Waals surface area contributed by atoms with E-state index in [1.54, 1.807) is 11.3 Å². The zero-order chi connectivity index (χ0) is 14.1. The first-order chi connectivity index (χ1) is 9.65. The number of aromatic nitrogens is 1. The molecule has 3 rings (SSSR count). The molecule has 1 aliphatic heterocycles. The largest absolute Gasteiger partial charge is 0.392 e. The maximum absolute atomic E-state index is 9.65. The summed E-state index contributed by atoms with van der Waals surface area (Å²) in [6, 6.07) is 9.12. The third-order valence-electron chi connectivity index (χ3n) is 4.14. The summed E-state index contributed by atoms with van der Waals surface area (Å²) in [5, 5.41) is 9.65. The van der Waals surface area contributed by atoms with Crippen LogP contribution in [0.5, 0.6) is 0 Å². The minimum Gasteiger partial charge on any atom is -0.392 e. The van der Waals surface area contributed by atoms with Gasteiger partial charge in [0, 0.05) is 19.1 Å². The standard InChI is InChI=1S/C16H20N2OS/c1-11-16(20-10-17-11)14-5-3-13(4-6-14)12(2)18-8-7-15(19)9-18/h3-6,10,12,15,19H,7-9H2,1-2H3/t12-,15+/m0/s1. The molecule has 2 atom stereocenters. The fraction of sp³-hybridized carbons (Fsp3) is 0.438. The van der Waals surface area contributed by atoms with Crippen LogP contribution in [-0.2, 0) is 0 Å². The van der Waals surface area contributed by atoms with Crippen molar-refractivity contribution in [1.29, 1.82) is 0 Å². The predicted molar refractivity (Wildman–Crippen MR) is 82.9 cm³/mol. The molecule has 1 saturated heterocycles. The molecule has 0 saturated carbocycles. The van der Waals surface area contributed by atoms with Crippen LogP contribution in [0.3, 0.4) is 0 Å². The number of nitrogens with zero attached hydrogens (tertiary/aromatic N) is 2. The average Bonchev–Trinajstić information content (AvgIpc) is 3.07. The lowest BCUT2D eigenvalue weighted by Crippen LogP contribution is -2.25. The molecule has 0 unspecified atom stereocenters. The van der Waals surface area contributed by atoms with Gasteiger partial charge in [-0.05, 0) is 31.4 Å². The molecule has 1 fully saturated rings. The molecule has 20 heavy (non-hydrogen) atoms.